The highest BCUT2D eigenvalue weighted by Gasteiger charge is 2.16. The minimum absolute atomic E-state index is 0.121. The first-order chi connectivity index (χ1) is 8.16. The molecule has 0 spiro atoms. The SMILES string of the molecule is O=C(O)c1ccc(CC2CCCCC2)c(O)c1. The highest BCUT2D eigenvalue weighted by atomic mass is 16.4. The Kier molecular flexibility index (Phi) is 3.67. The topological polar surface area (TPSA) is 57.5 Å². The number of phenolic OH excluding ortho intramolecular Hbond substituents is 1. The van der Waals surface area contributed by atoms with E-state index < -0.39 is 5.97 Å². The molecule has 3 nitrogen and oxygen atoms in total. The number of aromatic hydroxyl groups is 1. The molecule has 0 heterocycles. The Morgan fingerprint density at radius 3 is 2.53 bits per heavy atom. The van der Waals surface area contributed by atoms with E-state index in [1.54, 1.807) is 12.1 Å². The van der Waals surface area contributed by atoms with E-state index in [2.05, 4.69) is 0 Å². The Bertz CT molecular complexity index is 406. The minimum Gasteiger partial charge on any atom is -0.508 e. The second-order valence-corrected chi connectivity index (χ2v) is 4.86. The number of hydrogen-bond donors (Lipinski definition) is 2. The van der Waals surface area contributed by atoms with Gasteiger partial charge in [-0.1, -0.05) is 38.2 Å². The molecule has 17 heavy (non-hydrogen) atoms. The molecule has 1 aromatic rings. The molecule has 0 saturated heterocycles. The molecule has 0 bridgehead atoms. The number of rotatable bonds is 3. The Morgan fingerprint density at radius 2 is 1.94 bits per heavy atom. The van der Waals surface area contributed by atoms with Gasteiger partial charge >= 0.3 is 5.97 Å². The van der Waals surface area contributed by atoms with Gasteiger partial charge in [0.1, 0.15) is 5.75 Å². The fourth-order valence-electron chi connectivity index (χ4n) is 2.57. The van der Waals surface area contributed by atoms with Crippen molar-refractivity contribution in [2.75, 3.05) is 0 Å². The van der Waals surface area contributed by atoms with Crippen LogP contribution in [0.1, 0.15) is 48.0 Å². The van der Waals surface area contributed by atoms with E-state index in [0.29, 0.717) is 5.92 Å². The normalized spacial score (nSPS) is 16.9. The maximum Gasteiger partial charge on any atom is 0.335 e. The van der Waals surface area contributed by atoms with Crippen LogP contribution in [-0.4, -0.2) is 16.2 Å². The van der Waals surface area contributed by atoms with Crippen LogP contribution in [0, 0.1) is 5.92 Å². The third-order valence-electron chi connectivity index (χ3n) is 3.57. The molecule has 1 aliphatic carbocycles. The molecule has 1 saturated carbocycles. The van der Waals surface area contributed by atoms with Gasteiger partial charge < -0.3 is 10.2 Å². The standard InChI is InChI=1S/C14H18O3/c15-13-9-12(14(16)17)7-6-11(13)8-10-4-2-1-3-5-10/h6-7,9-10,15H,1-5,8H2,(H,16,17). The molecule has 0 amide bonds. The van der Waals surface area contributed by atoms with Gasteiger partial charge in [-0.15, -0.1) is 0 Å². The summed E-state index contributed by atoms with van der Waals surface area (Å²) >= 11 is 0. The van der Waals surface area contributed by atoms with Gasteiger partial charge in [0.15, 0.2) is 0 Å². The van der Waals surface area contributed by atoms with Crippen LogP contribution >= 0.6 is 0 Å². The molecule has 1 aromatic carbocycles. The summed E-state index contributed by atoms with van der Waals surface area (Å²) in [5.74, 6) is -0.231. The molecule has 0 atom stereocenters. The summed E-state index contributed by atoms with van der Waals surface area (Å²) in [7, 11) is 0. The molecule has 0 aromatic heterocycles. The lowest BCUT2D eigenvalue weighted by atomic mass is 9.84. The molecule has 0 unspecified atom stereocenters. The predicted octanol–water partition coefficient (Wildman–Crippen LogP) is 3.21. The average molecular weight is 234 g/mol. The van der Waals surface area contributed by atoms with Crippen molar-refractivity contribution in [1.82, 2.24) is 0 Å². The molecule has 92 valence electrons. The molecule has 0 aliphatic heterocycles. The lowest BCUT2D eigenvalue weighted by molar-refractivity contribution is 0.0696. The summed E-state index contributed by atoms with van der Waals surface area (Å²) in [5, 5.41) is 18.6. The molecular weight excluding hydrogens is 216 g/mol. The van der Waals surface area contributed by atoms with Crippen molar-refractivity contribution in [3.05, 3.63) is 29.3 Å². The van der Waals surface area contributed by atoms with Crippen LogP contribution in [0.4, 0.5) is 0 Å². The number of phenols is 1. The predicted molar refractivity (Wildman–Crippen MR) is 65.3 cm³/mol. The van der Waals surface area contributed by atoms with Gasteiger partial charge in [0.05, 0.1) is 5.56 Å². The van der Waals surface area contributed by atoms with E-state index in [-0.39, 0.29) is 11.3 Å². The van der Waals surface area contributed by atoms with Gasteiger partial charge in [0, 0.05) is 0 Å². The van der Waals surface area contributed by atoms with E-state index in [1.165, 1.54) is 38.2 Å². The Morgan fingerprint density at radius 1 is 1.24 bits per heavy atom. The van der Waals surface area contributed by atoms with Crippen molar-refractivity contribution in [1.29, 1.82) is 0 Å². The number of carboxylic acid groups (broad SMARTS) is 1. The average Bonchev–Trinajstić information content (AvgIpc) is 2.33. The first kappa shape index (κ1) is 12.0. The molecule has 2 rings (SSSR count). The monoisotopic (exact) mass is 234 g/mol. The first-order valence-corrected chi connectivity index (χ1v) is 6.22. The van der Waals surface area contributed by atoms with Crippen LogP contribution in [0.15, 0.2) is 18.2 Å². The van der Waals surface area contributed by atoms with Crippen molar-refractivity contribution in [3.63, 3.8) is 0 Å². The van der Waals surface area contributed by atoms with Crippen LogP contribution in [0.5, 0.6) is 5.75 Å². The number of carbonyl (C=O) groups is 1. The Labute approximate surface area is 101 Å². The zero-order chi connectivity index (χ0) is 12.3. The molecule has 3 heteroatoms. The summed E-state index contributed by atoms with van der Waals surface area (Å²) < 4.78 is 0. The smallest absolute Gasteiger partial charge is 0.335 e. The van der Waals surface area contributed by atoms with Crippen molar-refractivity contribution in [3.8, 4) is 5.75 Å². The summed E-state index contributed by atoms with van der Waals surface area (Å²) in [4.78, 5) is 10.7. The Hall–Kier alpha value is -1.51. The Balaban J connectivity index is 2.08. The fourth-order valence-corrected chi connectivity index (χ4v) is 2.57. The van der Waals surface area contributed by atoms with Gasteiger partial charge in [-0.25, -0.2) is 4.79 Å². The van der Waals surface area contributed by atoms with Crippen LogP contribution in [-0.2, 0) is 6.42 Å². The number of aromatic carboxylic acids is 1. The molecule has 0 radical (unpaired) electrons. The zero-order valence-corrected chi connectivity index (χ0v) is 9.85. The number of benzene rings is 1. The summed E-state index contributed by atoms with van der Waals surface area (Å²) in [6.45, 7) is 0. The van der Waals surface area contributed by atoms with Crippen molar-refractivity contribution in [2.45, 2.75) is 38.5 Å². The lowest BCUT2D eigenvalue weighted by Crippen LogP contribution is -2.09. The van der Waals surface area contributed by atoms with Crippen molar-refractivity contribution < 1.29 is 15.0 Å². The van der Waals surface area contributed by atoms with E-state index >= 15 is 0 Å². The zero-order valence-electron chi connectivity index (χ0n) is 9.85. The largest absolute Gasteiger partial charge is 0.508 e. The minimum atomic E-state index is -0.996. The van der Waals surface area contributed by atoms with E-state index in [0.717, 1.165) is 12.0 Å². The second-order valence-electron chi connectivity index (χ2n) is 4.86. The molecule has 1 aliphatic rings. The molecular formula is C14H18O3. The summed E-state index contributed by atoms with van der Waals surface area (Å²) in [5.41, 5.74) is 1.02. The quantitative estimate of drug-likeness (QED) is 0.844. The third kappa shape index (κ3) is 2.99. The first-order valence-electron chi connectivity index (χ1n) is 6.22. The van der Waals surface area contributed by atoms with Crippen molar-refractivity contribution >= 4 is 5.97 Å². The third-order valence-corrected chi connectivity index (χ3v) is 3.57. The highest BCUT2D eigenvalue weighted by Crippen LogP contribution is 2.30. The lowest BCUT2D eigenvalue weighted by Gasteiger charge is -2.21. The van der Waals surface area contributed by atoms with Crippen LogP contribution in [0.25, 0.3) is 0 Å². The van der Waals surface area contributed by atoms with Crippen LogP contribution in [0.2, 0.25) is 0 Å². The van der Waals surface area contributed by atoms with E-state index in [4.69, 9.17) is 5.11 Å². The van der Waals surface area contributed by atoms with E-state index in [1.807, 2.05) is 0 Å². The number of hydrogen-bond acceptors (Lipinski definition) is 2. The highest BCUT2D eigenvalue weighted by molar-refractivity contribution is 5.88. The fraction of sp³-hybridized carbons (Fsp3) is 0.500. The summed E-state index contributed by atoms with van der Waals surface area (Å²) in [6, 6.07) is 4.66. The summed E-state index contributed by atoms with van der Waals surface area (Å²) in [6.07, 6.45) is 7.18. The van der Waals surface area contributed by atoms with Gasteiger partial charge in [-0.3, -0.25) is 0 Å². The second kappa shape index (κ2) is 5.21. The maximum atomic E-state index is 10.7. The van der Waals surface area contributed by atoms with Gasteiger partial charge in [0.2, 0.25) is 0 Å². The van der Waals surface area contributed by atoms with Gasteiger partial charge in [0.25, 0.3) is 0 Å². The molecule has 2 N–H and O–H groups in total. The number of carboxylic acids is 1. The van der Waals surface area contributed by atoms with Gasteiger partial charge in [-0.2, -0.15) is 0 Å². The van der Waals surface area contributed by atoms with Crippen molar-refractivity contribution in [2.24, 2.45) is 5.92 Å². The maximum absolute atomic E-state index is 10.7. The van der Waals surface area contributed by atoms with Crippen LogP contribution < -0.4 is 0 Å². The van der Waals surface area contributed by atoms with Gasteiger partial charge in [-0.05, 0) is 30.0 Å². The van der Waals surface area contributed by atoms with E-state index in [9.17, 15) is 9.90 Å². The van der Waals surface area contributed by atoms with Crippen LogP contribution in [0.3, 0.4) is 0 Å². The molecule has 1 fully saturated rings.